The molecule has 0 aliphatic rings. The average Bonchev–Trinajstić information content (AvgIpc) is 2.56. The monoisotopic (exact) mass is 386 g/mol. The summed E-state index contributed by atoms with van der Waals surface area (Å²) in [6.07, 6.45) is -4.70. The van der Waals surface area contributed by atoms with Crippen molar-refractivity contribution < 1.29 is 27.5 Å². The number of amides is 1. The van der Waals surface area contributed by atoms with E-state index in [1.165, 1.54) is 37.4 Å². The van der Waals surface area contributed by atoms with Crippen LogP contribution in [0.15, 0.2) is 42.6 Å². The highest BCUT2D eigenvalue weighted by Crippen LogP contribution is 2.29. The van der Waals surface area contributed by atoms with Crippen LogP contribution in [0.5, 0.6) is 0 Å². The number of benzene rings is 1. The summed E-state index contributed by atoms with van der Waals surface area (Å²) < 4.78 is 43.0. The van der Waals surface area contributed by atoms with Crippen molar-refractivity contribution >= 4 is 29.3 Å². The van der Waals surface area contributed by atoms with Gasteiger partial charge in [-0.05, 0) is 30.7 Å². The van der Waals surface area contributed by atoms with Crippen molar-refractivity contribution in [3.05, 3.63) is 58.7 Å². The number of anilines is 1. The Labute approximate surface area is 152 Å². The second-order valence-electron chi connectivity index (χ2n) is 5.36. The number of alkyl halides is 3. The van der Waals surface area contributed by atoms with E-state index in [0.29, 0.717) is 5.02 Å². The summed E-state index contributed by atoms with van der Waals surface area (Å²) in [5.41, 5.74) is -0.723. The zero-order chi connectivity index (χ0) is 19.3. The maximum atomic E-state index is 12.7. The minimum Gasteiger partial charge on any atom is -0.452 e. The van der Waals surface area contributed by atoms with Crippen molar-refractivity contribution in [1.29, 1.82) is 0 Å². The average molecular weight is 387 g/mol. The number of aromatic nitrogens is 1. The van der Waals surface area contributed by atoms with Crippen LogP contribution in [0.2, 0.25) is 5.02 Å². The van der Waals surface area contributed by atoms with Gasteiger partial charge in [-0.1, -0.05) is 29.8 Å². The Hall–Kier alpha value is -2.61. The van der Waals surface area contributed by atoms with Crippen LogP contribution in [0.4, 0.5) is 19.0 Å². The predicted octanol–water partition coefficient (Wildman–Crippen LogP) is 3.87. The number of hydrogen-bond donors (Lipinski definition) is 1. The number of carbonyl (C=O) groups is 2. The van der Waals surface area contributed by atoms with Gasteiger partial charge >= 0.3 is 12.1 Å². The van der Waals surface area contributed by atoms with E-state index >= 15 is 0 Å². The molecule has 9 heteroatoms. The van der Waals surface area contributed by atoms with Crippen LogP contribution in [-0.4, -0.2) is 23.0 Å². The maximum Gasteiger partial charge on any atom is 0.416 e. The summed E-state index contributed by atoms with van der Waals surface area (Å²) in [5, 5.41) is 2.82. The summed E-state index contributed by atoms with van der Waals surface area (Å²) in [7, 11) is 0. The molecule has 0 radical (unpaired) electrons. The minimum absolute atomic E-state index is 0.136. The van der Waals surface area contributed by atoms with Gasteiger partial charge in [-0.15, -0.1) is 0 Å². The molecule has 5 nitrogen and oxygen atoms in total. The van der Waals surface area contributed by atoms with E-state index in [0.717, 1.165) is 12.1 Å². The number of nitrogens with one attached hydrogen (secondary N) is 1. The van der Waals surface area contributed by atoms with Crippen LogP contribution < -0.4 is 5.32 Å². The quantitative estimate of drug-likeness (QED) is 0.792. The second kappa shape index (κ2) is 8.18. The molecule has 2 aromatic rings. The molecule has 1 aromatic heterocycles. The Bertz CT molecular complexity index is 795. The zero-order valence-corrected chi connectivity index (χ0v) is 14.3. The Balaban J connectivity index is 1.92. The first-order valence-corrected chi connectivity index (χ1v) is 7.81. The highest BCUT2D eigenvalue weighted by atomic mass is 35.5. The van der Waals surface area contributed by atoms with E-state index < -0.39 is 29.7 Å². The number of rotatable bonds is 5. The van der Waals surface area contributed by atoms with Crippen molar-refractivity contribution in [3.8, 4) is 0 Å². The highest BCUT2D eigenvalue weighted by Gasteiger charge is 2.30. The van der Waals surface area contributed by atoms with E-state index in [-0.39, 0.29) is 17.8 Å². The lowest BCUT2D eigenvalue weighted by Crippen LogP contribution is -2.30. The highest BCUT2D eigenvalue weighted by molar-refractivity contribution is 6.30. The molecule has 1 heterocycles. The van der Waals surface area contributed by atoms with Crippen molar-refractivity contribution in [2.45, 2.75) is 25.6 Å². The van der Waals surface area contributed by atoms with Gasteiger partial charge in [0.05, 0.1) is 17.0 Å². The Kier molecular flexibility index (Phi) is 6.20. The number of ether oxygens (including phenoxy) is 1. The summed E-state index contributed by atoms with van der Waals surface area (Å²) in [4.78, 5) is 27.7. The first-order valence-electron chi connectivity index (χ1n) is 7.43. The molecule has 0 saturated carbocycles. The molecule has 1 aromatic carbocycles. The normalized spacial score (nSPS) is 12.3. The van der Waals surface area contributed by atoms with Gasteiger partial charge in [-0.2, -0.15) is 13.2 Å². The van der Waals surface area contributed by atoms with Gasteiger partial charge in [-0.25, -0.2) is 4.98 Å². The summed E-state index contributed by atoms with van der Waals surface area (Å²) in [5.74, 6) is -1.23. The molecular formula is C17H14ClF3N2O3. The molecule has 0 aliphatic heterocycles. The first-order chi connectivity index (χ1) is 12.1. The Morgan fingerprint density at radius 2 is 2.00 bits per heavy atom. The molecule has 1 atom stereocenters. The standard InChI is InChI=1S/C17H14ClF3N2O3/c1-10(16(25)23-14-6-5-13(18)9-22-14)26-15(24)8-11-3-2-4-12(7-11)17(19,20)21/h2-7,9-10H,8H2,1H3,(H,22,23,25)/t10-/m0/s1. The number of halogens is 4. The molecule has 0 fully saturated rings. The fourth-order valence-electron chi connectivity index (χ4n) is 1.99. The lowest BCUT2D eigenvalue weighted by Gasteiger charge is -2.13. The summed E-state index contributed by atoms with van der Waals surface area (Å²) in [6.45, 7) is 1.34. The van der Waals surface area contributed by atoms with Crippen LogP contribution in [0.1, 0.15) is 18.1 Å². The Morgan fingerprint density at radius 3 is 2.62 bits per heavy atom. The summed E-state index contributed by atoms with van der Waals surface area (Å²) >= 11 is 5.68. The lowest BCUT2D eigenvalue weighted by atomic mass is 10.1. The number of esters is 1. The van der Waals surface area contributed by atoms with Gasteiger partial charge in [0.25, 0.3) is 5.91 Å². The van der Waals surface area contributed by atoms with E-state index in [4.69, 9.17) is 16.3 Å². The third-order valence-corrected chi connectivity index (χ3v) is 3.48. The largest absolute Gasteiger partial charge is 0.452 e. The van der Waals surface area contributed by atoms with Gasteiger partial charge in [0.15, 0.2) is 6.10 Å². The smallest absolute Gasteiger partial charge is 0.416 e. The molecule has 1 amide bonds. The summed E-state index contributed by atoms with van der Waals surface area (Å²) in [6, 6.07) is 7.34. The third-order valence-electron chi connectivity index (χ3n) is 3.26. The molecular weight excluding hydrogens is 373 g/mol. The molecule has 0 unspecified atom stereocenters. The number of carbonyl (C=O) groups excluding carboxylic acids is 2. The van der Waals surface area contributed by atoms with Gasteiger partial charge in [-0.3, -0.25) is 9.59 Å². The van der Waals surface area contributed by atoms with Gasteiger partial charge < -0.3 is 10.1 Å². The molecule has 0 spiro atoms. The third kappa shape index (κ3) is 5.73. The van der Waals surface area contributed by atoms with E-state index in [1.807, 2.05) is 0 Å². The molecule has 0 saturated heterocycles. The van der Waals surface area contributed by atoms with Gasteiger partial charge in [0.2, 0.25) is 0 Å². The van der Waals surface area contributed by atoms with Crippen LogP contribution in [0, 0.1) is 0 Å². The van der Waals surface area contributed by atoms with E-state index in [2.05, 4.69) is 10.3 Å². The van der Waals surface area contributed by atoms with Crippen LogP contribution in [-0.2, 0) is 26.9 Å². The number of pyridine rings is 1. The Morgan fingerprint density at radius 1 is 1.27 bits per heavy atom. The maximum absolute atomic E-state index is 12.7. The number of nitrogens with zero attached hydrogens (tertiary/aromatic N) is 1. The fraction of sp³-hybridized carbons (Fsp3) is 0.235. The van der Waals surface area contributed by atoms with Crippen LogP contribution in [0.3, 0.4) is 0 Å². The van der Waals surface area contributed by atoms with Crippen molar-refractivity contribution in [1.82, 2.24) is 4.98 Å². The predicted molar refractivity (Wildman–Crippen MR) is 88.6 cm³/mol. The van der Waals surface area contributed by atoms with Crippen LogP contribution in [0.25, 0.3) is 0 Å². The molecule has 26 heavy (non-hydrogen) atoms. The van der Waals surface area contributed by atoms with Crippen molar-refractivity contribution in [2.24, 2.45) is 0 Å². The van der Waals surface area contributed by atoms with Gasteiger partial charge in [0.1, 0.15) is 5.82 Å². The molecule has 2 rings (SSSR count). The molecule has 138 valence electrons. The minimum atomic E-state index is -4.50. The van der Waals surface area contributed by atoms with Gasteiger partial charge in [0, 0.05) is 6.20 Å². The zero-order valence-electron chi connectivity index (χ0n) is 13.5. The van der Waals surface area contributed by atoms with E-state index in [9.17, 15) is 22.8 Å². The lowest BCUT2D eigenvalue weighted by molar-refractivity contribution is -0.152. The number of hydrogen-bond acceptors (Lipinski definition) is 4. The molecule has 0 aliphatic carbocycles. The second-order valence-corrected chi connectivity index (χ2v) is 5.79. The SMILES string of the molecule is C[C@H](OC(=O)Cc1cccc(C(F)(F)F)c1)C(=O)Nc1ccc(Cl)cn1. The topological polar surface area (TPSA) is 68.3 Å². The van der Waals surface area contributed by atoms with Crippen LogP contribution >= 0.6 is 11.6 Å². The fourth-order valence-corrected chi connectivity index (χ4v) is 2.11. The first kappa shape index (κ1) is 19.7. The van der Waals surface area contributed by atoms with E-state index in [1.54, 1.807) is 0 Å². The molecule has 1 N–H and O–H groups in total. The molecule has 0 bridgehead atoms. The van der Waals surface area contributed by atoms with Crippen molar-refractivity contribution in [3.63, 3.8) is 0 Å². The van der Waals surface area contributed by atoms with Crippen molar-refractivity contribution in [2.75, 3.05) is 5.32 Å².